The summed E-state index contributed by atoms with van der Waals surface area (Å²) in [5.74, 6) is -1.07. The summed E-state index contributed by atoms with van der Waals surface area (Å²) in [6.45, 7) is 0.214. The Balaban J connectivity index is 2.10. The molecule has 0 spiro atoms. The van der Waals surface area contributed by atoms with Crippen molar-refractivity contribution in [2.45, 2.75) is 12.0 Å². The molecule has 1 aliphatic rings. The standard InChI is InChI=1S/C14H16BrN3O4/c1-21-12(19)11-7-14(18-17-11,13(20)22-2)8-16-10-5-3-9(15)4-6-10/h3-6,16,18H,7-8H2,1-2H3. The second-order valence-corrected chi connectivity index (χ2v) is 5.69. The van der Waals surface area contributed by atoms with Crippen LogP contribution in [0.25, 0.3) is 0 Å². The average Bonchev–Trinajstić information content (AvgIpc) is 2.98. The van der Waals surface area contributed by atoms with Crippen LogP contribution in [0.2, 0.25) is 0 Å². The Morgan fingerprint density at radius 2 is 2.00 bits per heavy atom. The van der Waals surface area contributed by atoms with E-state index in [2.05, 4.69) is 36.5 Å². The number of carbonyl (C=O) groups is 2. The number of esters is 2. The van der Waals surface area contributed by atoms with E-state index in [1.807, 2.05) is 24.3 Å². The van der Waals surface area contributed by atoms with E-state index in [-0.39, 0.29) is 18.7 Å². The molecule has 8 heteroatoms. The minimum Gasteiger partial charge on any atom is -0.467 e. The van der Waals surface area contributed by atoms with E-state index in [4.69, 9.17) is 4.74 Å². The van der Waals surface area contributed by atoms with Crippen molar-refractivity contribution in [3.05, 3.63) is 28.7 Å². The van der Waals surface area contributed by atoms with Crippen molar-refractivity contribution in [3.8, 4) is 0 Å². The number of halogens is 1. The van der Waals surface area contributed by atoms with Gasteiger partial charge in [-0.3, -0.25) is 5.43 Å². The molecule has 1 aliphatic heterocycles. The smallest absolute Gasteiger partial charge is 0.354 e. The van der Waals surface area contributed by atoms with Gasteiger partial charge in [-0.15, -0.1) is 0 Å². The van der Waals surface area contributed by atoms with Crippen molar-refractivity contribution in [3.63, 3.8) is 0 Å². The predicted molar refractivity (Wildman–Crippen MR) is 84.6 cm³/mol. The fraction of sp³-hybridized carbons (Fsp3) is 0.357. The molecule has 0 saturated heterocycles. The van der Waals surface area contributed by atoms with Crippen molar-refractivity contribution in [1.82, 2.24) is 5.43 Å². The van der Waals surface area contributed by atoms with E-state index in [0.717, 1.165) is 10.2 Å². The van der Waals surface area contributed by atoms with Gasteiger partial charge in [0.05, 0.1) is 20.8 Å². The van der Waals surface area contributed by atoms with E-state index in [1.165, 1.54) is 14.2 Å². The number of benzene rings is 1. The number of methoxy groups -OCH3 is 2. The fourth-order valence-electron chi connectivity index (χ4n) is 2.08. The normalized spacial score (nSPS) is 19.9. The third-order valence-electron chi connectivity index (χ3n) is 3.31. The van der Waals surface area contributed by atoms with Crippen molar-refractivity contribution < 1.29 is 19.1 Å². The predicted octanol–water partition coefficient (Wildman–Crippen LogP) is 1.30. The molecular weight excluding hydrogens is 354 g/mol. The van der Waals surface area contributed by atoms with Gasteiger partial charge >= 0.3 is 11.9 Å². The number of anilines is 1. The third-order valence-corrected chi connectivity index (χ3v) is 3.84. The number of nitrogens with zero attached hydrogens (tertiary/aromatic N) is 1. The highest BCUT2D eigenvalue weighted by Gasteiger charge is 2.46. The van der Waals surface area contributed by atoms with Gasteiger partial charge in [0.2, 0.25) is 0 Å². The van der Waals surface area contributed by atoms with Gasteiger partial charge < -0.3 is 14.8 Å². The summed E-state index contributed by atoms with van der Waals surface area (Å²) in [5, 5.41) is 7.04. The minimum atomic E-state index is -1.13. The highest BCUT2D eigenvalue weighted by atomic mass is 79.9. The summed E-state index contributed by atoms with van der Waals surface area (Å²) >= 11 is 3.36. The SMILES string of the molecule is COC(=O)C1=NNC(CNc2ccc(Br)cc2)(C(=O)OC)C1. The number of ether oxygens (including phenoxy) is 2. The first-order valence-corrected chi connectivity index (χ1v) is 7.30. The Morgan fingerprint density at radius 3 is 2.59 bits per heavy atom. The number of carbonyl (C=O) groups excluding carboxylic acids is 2. The van der Waals surface area contributed by atoms with Gasteiger partial charge in [0.1, 0.15) is 5.71 Å². The molecule has 1 heterocycles. The first kappa shape index (κ1) is 16.3. The lowest BCUT2D eigenvalue weighted by atomic mass is 9.94. The second-order valence-electron chi connectivity index (χ2n) is 4.77. The Hall–Kier alpha value is -2.09. The molecule has 1 aromatic rings. The zero-order valence-corrected chi connectivity index (χ0v) is 13.8. The van der Waals surface area contributed by atoms with E-state index in [9.17, 15) is 9.59 Å². The lowest BCUT2D eigenvalue weighted by molar-refractivity contribution is -0.147. The van der Waals surface area contributed by atoms with E-state index < -0.39 is 17.5 Å². The maximum Gasteiger partial charge on any atom is 0.354 e. The molecule has 1 unspecified atom stereocenters. The van der Waals surface area contributed by atoms with Crippen LogP contribution < -0.4 is 10.7 Å². The highest BCUT2D eigenvalue weighted by Crippen LogP contribution is 2.22. The first-order valence-electron chi connectivity index (χ1n) is 6.50. The van der Waals surface area contributed by atoms with Gasteiger partial charge in [-0.25, -0.2) is 9.59 Å². The molecule has 2 N–H and O–H groups in total. The summed E-state index contributed by atoms with van der Waals surface area (Å²) < 4.78 is 10.4. The van der Waals surface area contributed by atoms with Crippen molar-refractivity contribution in [2.75, 3.05) is 26.1 Å². The molecule has 2 rings (SSSR count). The van der Waals surface area contributed by atoms with Crippen LogP contribution in [0.1, 0.15) is 6.42 Å². The zero-order valence-electron chi connectivity index (χ0n) is 12.2. The Morgan fingerprint density at radius 1 is 1.32 bits per heavy atom. The minimum absolute atomic E-state index is 0.0931. The summed E-state index contributed by atoms with van der Waals surface area (Å²) in [6, 6.07) is 7.50. The molecule has 22 heavy (non-hydrogen) atoms. The van der Waals surface area contributed by atoms with E-state index in [1.54, 1.807) is 0 Å². The number of rotatable bonds is 5. The molecule has 0 fully saturated rings. The molecule has 0 aromatic heterocycles. The first-order chi connectivity index (χ1) is 10.5. The van der Waals surface area contributed by atoms with Crippen LogP contribution >= 0.6 is 15.9 Å². The zero-order chi connectivity index (χ0) is 16.2. The Bertz CT molecular complexity index is 603. The maximum atomic E-state index is 12.1. The largest absolute Gasteiger partial charge is 0.467 e. The molecule has 0 radical (unpaired) electrons. The van der Waals surface area contributed by atoms with E-state index in [0.29, 0.717) is 0 Å². The molecule has 118 valence electrons. The van der Waals surface area contributed by atoms with Crippen LogP contribution in [-0.2, 0) is 19.1 Å². The topological polar surface area (TPSA) is 89.0 Å². The number of hydrogen-bond acceptors (Lipinski definition) is 7. The van der Waals surface area contributed by atoms with Crippen molar-refractivity contribution in [2.24, 2.45) is 5.10 Å². The van der Waals surface area contributed by atoms with Crippen LogP contribution in [0.4, 0.5) is 5.69 Å². The number of hydrogen-bond donors (Lipinski definition) is 2. The Kier molecular flexibility index (Phi) is 5.02. The summed E-state index contributed by atoms with van der Waals surface area (Å²) in [7, 11) is 2.56. The van der Waals surface area contributed by atoms with Crippen LogP contribution in [0, 0.1) is 0 Å². The van der Waals surface area contributed by atoms with Gasteiger partial charge in [0, 0.05) is 16.6 Å². The number of hydrazone groups is 1. The molecule has 1 aromatic carbocycles. The molecule has 0 bridgehead atoms. The molecule has 7 nitrogen and oxygen atoms in total. The quantitative estimate of drug-likeness (QED) is 0.760. The average molecular weight is 370 g/mol. The molecule has 0 saturated carbocycles. The number of nitrogens with one attached hydrogen (secondary N) is 2. The van der Waals surface area contributed by atoms with E-state index >= 15 is 0 Å². The summed E-state index contributed by atoms with van der Waals surface area (Å²) in [4.78, 5) is 23.7. The van der Waals surface area contributed by atoms with Gasteiger partial charge in [0.25, 0.3) is 0 Å². The molecule has 1 atom stereocenters. The summed E-state index contributed by atoms with van der Waals surface area (Å²) in [5.41, 5.74) is 2.57. The summed E-state index contributed by atoms with van der Waals surface area (Å²) in [6.07, 6.45) is 0.0931. The van der Waals surface area contributed by atoms with Gasteiger partial charge in [-0.05, 0) is 24.3 Å². The monoisotopic (exact) mass is 369 g/mol. The maximum absolute atomic E-state index is 12.1. The van der Waals surface area contributed by atoms with Crippen LogP contribution in [0.15, 0.2) is 33.8 Å². The van der Waals surface area contributed by atoms with Crippen LogP contribution in [-0.4, -0.2) is 44.0 Å². The van der Waals surface area contributed by atoms with Gasteiger partial charge in [-0.1, -0.05) is 15.9 Å². The molecular formula is C14H16BrN3O4. The third kappa shape index (κ3) is 3.38. The van der Waals surface area contributed by atoms with Crippen molar-refractivity contribution >= 4 is 39.3 Å². The molecule has 0 aliphatic carbocycles. The van der Waals surface area contributed by atoms with Gasteiger partial charge in [0.15, 0.2) is 5.54 Å². The highest BCUT2D eigenvalue weighted by molar-refractivity contribution is 9.10. The lowest BCUT2D eigenvalue weighted by Crippen LogP contribution is -2.53. The fourth-order valence-corrected chi connectivity index (χ4v) is 2.35. The van der Waals surface area contributed by atoms with Crippen LogP contribution in [0.5, 0.6) is 0 Å². The Labute approximate surface area is 136 Å². The second kappa shape index (κ2) is 6.78. The van der Waals surface area contributed by atoms with Crippen molar-refractivity contribution in [1.29, 1.82) is 0 Å². The van der Waals surface area contributed by atoms with Gasteiger partial charge in [-0.2, -0.15) is 5.10 Å². The molecule has 0 amide bonds. The lowest BCUT2D eigenvalue weighted by Gasteiger charge is -2.26. The van der Waals surface area contributed by atoms with Crippen LogP contribution in [0.3, 0.4) is 0 Å².